The molecule has 3 fully saturated rings. The molecule has 2 aromatic heterocycles. The van der Waals surface area contributed by atoms with Crippen LogP contribution in [0.2, 0.25) is 0 Å². The van der Waals surface area contributed by atoms with Crippen molar-refractivity contribution in [3.05, 3.63) is 75.9 Å². The summed E-state index contributed by atoms with van der Waals surface area (Å²) in [5.41, 5.74) is 1.27. The maximum absolute atomic E-state index is 17.3. The number of anilines is 1. The number of alkyl halides is 6. The fourth-order valence-electron chi connectivity index (χ4n) is 8.79. The molecule has 0 radical (unpaired) electrons. The number of halogens is 6. The molecule has 2 aliphatic heterocycles. The molecule has 7 nitrogen and oxygen atoms in total. The maximum atomic E-state index is 17.3. The molecule has 0 amide bonds. The number of aliphatic hydroxyl groups excluding tert-OH is 1. The van der Waals surface area contributed by atoms with Gasteiger partial charge in [-0.25, -0.2) is 23.1 Å². The quantitative estimate of drug-likeness (QED) is 0.244. The third-order valence-corrected chi connectivity index (χ3v) is 11.5. The number of likely N-dealkylation sites (N-methyl/N-ethyl adjacent to an activating group) is 1. The molecule has 13 heteroatoms. The van der Waals surface area contributed by atoms with Gasteiger partial charge in [-0.15, -0.1) is 0 Å². The molecule has 1 N–H and O–H groups in total. The van der Waals surface area contributed by atoms with E-state index >= 15 is 4.39 Å². The summed E-state index contributed by atoms with van der Waals surface area (Å²) in [5, 5.41) is 11.6. The lowest BCUT2D eigenvalue weighted by Gasteiger charge is -2.41. The van der Waals surface area contributed by atoms with Crippen LogP contribution in [0.5, 0.6) is 5.75 Å². The van der Waals surface area contributed by atoms with E-state index in [-0.39, 0.29) is 54.2 Å². The first-order chi connectivity index (χ1) is 24.6. The number of benzene rings is 1. The van der Waals surface area contributed by atoms with Gasteiger partial charge in [0.2, 0.25) is 11.9 Å². The largest absolute Gasteiger partial charge is 0.486 e. The van der Waals surface area contributed by atoms with Gasteiger partial charge in [-0.3, -0.25) is 4.98 Å². The number of piperidine rings is 1. The Morgan fingerprint density at radius 2 is 1.56 bits per heavy atom. The molecular weight excluding hydrogens is 684 g/mol. The van der Waals surface area contributed by atoms with Crippen LogP contribution in [0.15, 0.2) is 36.7 Å². The molecule has 3 aromatic rings. The number of aliphatic hydroxyl groups is 1. The maximum Gasteiger partial charge on any atom is 0.416 e. The van der Waals surface area contributed by atoms with Gasteiger partial charge in [0, 0.05) is 61.8 Å². The van der Waals surface area contributed by atoms with Gasteiger partial charge in [0.1, 0.15) is 6.10 Å². The first-order valence-electron chi connectivity index (χ1n) is 18.4. The van der Waals surface area contributed by atoms with E-state index in [0.717, 1.165) is 43.8 Å². The highest BCUT2D eigenvalue weighted by molar-refractivity contribution is 5.51. The van der Waals surface area contributed by atoms with Crippen LogP contribution in [0.4, 0.5) is 32.3 Å². The molecule has 0 spiro atoms. The average molecular weight is 732 g/mol. The summed E-state index contributed by atoms with van der Waals surface area (Å²) < 4.78 is 92.7. The normalized spacial score (nSPS) is 24.8. The monoisotopic (exact) mass is 731 g/mol. The number of likely N-dealkylation sites (tertiary alicyclic amines) is 1. The number of hydrogen-bond acceptors (Lipinski definition) is 7. The van der Waals surface area contributed by atoms with Crippen molar-refractivity contribution in [2.75, 3.05) is 38.1 Å². The average Bonchev–Trinajstić information content (AvgIpc) is 3.50. The molecule has 52 heavy (non-hydrogen) atoms. The highest BCUT2D eigenvalue weighted by Gasteiger charge is 2.44. The van der Waals surface area contributed by atoms with E-state index < -0.39 is 35.9 Å². The number of nitrogens with zero attached hydrogens (tertiary/aromatic N) is 5. The van der Waals surface area contributed by atoms with Gasteiger partial charge in [0.05, 0.1) is 29.8 Å². The van der Waals surface area contributed by atoms with Crippen LogP contribution < -0.4 is 9.64 Å². The van der Waals surface area contributed by atoms with Crippen molar-refractivity contribution in [3.8, 4) is 5.75 Å². The van der Waals surface area contributed by atoms with Crippen LogP contribution in [-0.4, -0.2) is 70.2 Å². The molecule has 0 bridgehead atoms. The minimum absolute atomic E-state index is 0.0291. The van der Waals surface area contributed by atoms with Crippen LogP contribution in [-0.2, 0) is 12.6 Å². The van der Waals surface area contributed by atoms with Crippen LogP contribution in [0.1, 0.15) is 129 Å². The van der Waals surface area contributed by atoms with E-state index in [4.69, 9.17) is 9.72 Å². The molecule has 3 atom stereocenters. The minimum Gasteiger partial charge on any atom is -0.486 e. The molecule has 4 heterocycles. The van der Waals surface area contributed by atoms with Gasteiger partial charge in [-0.2, -0.15) is 13.2 Å². The lowest BCUT2D eigenvalue weighted by atomic mass is 9.68. The number of fused-ring (bicyclic) bond motifs is 1. The summed E-state index contributed by atoms with van der Waals surface area (Å²) in [4.78, 5) is 18.5. The van der Waals surface area contributed by atoms with Crippen molar-refractivity contribution >= 4 is 5.95 Å². The number of pyridine rings is 1. The molecule has 2 saturated heterocycles. The summed E-state index contributed by atoms with van der Waals surface area (Å²) in [6.07, 6.45) is -1.47. The van der Waals surface area contributed by atoms with Crippen molar-refractivity contribution in [2.24, 2.45) is 5.41 Å². The Morgan fingerprint density at radius 3 is 2.15 bits per heavy atom. The van der Waals surface area contributed by atoms with Crippen molar-refractivity contribution in [1.82, 2.24) is 19.9 Å². The topological polar surface area (TPSA) is 74.6 Å². The first kappa shape index (κ1) is 36.9. The third kappa shape index (κ3) is 7.76. The summed E-state index contributed by atoms with van der Waals surface area (Å²) >= 11 is 0. The third-order valence-electron chi connectivity index (χ3n) is 11.5. The zero-order valence-electron chi connectivity index (χ0n) is 29.9. The van der Waals surface area contributed by atoms with E-state index in [1.165, 1.54) is 0 Å². The Balaban J connectivity index is 1.24. The zero-order chi connectivity index (χ0) is 37.0. The van der Waals surface area contributed by atoms with Gasteiger partial charge in [-0.1, -0.05) is 26.0 Å². The Morgan fingerprint density at radius 1 is 0.904 bits per heavy atom. The number of ether oxygens (including phenoxy) is 1. The van der Waals surface area contributed by atoms with Crippen LogP contribution in [0.3, 0.4) is 0 Å². The predicted octanol–water partition coefficient (Wildman–Crippen LogP) is 8.71. The molecule has 1 aromatic carbocycles. The van der Waals surface area contributed by atoms with Crippen molar-refractivity contribution in [1.29, 1.82) is 0 Å². The summed E-state index contributed by atoms with van der Waals surface area (Å²) in [6.45, 7) is 6.99. The zero-order valence-corrected chi connectivity index (χ0v) is 29.9. The fraction of sp³-hybridized carbons (Fsp3) is 0.615. The summed E-state index contributed by atoms with van der Waals surface area (Å²) in [5.74, 6) is -2.35. The number of hydrogen-bond donors (Lipinski definition) is 1. The number of rotatable bonds is 7. The van der Waals surface area contributed by atoms with Crippen molar-refractivity contribution in [2.45, 2.75) is 114 Å². The highest BCUT2D eigenvalue weighted by atomic mass is 19.4. The Kier molecular flexibility index (Phi) is 9.99. The Hall–Kier alpha value is -3.45. The standard InChI is InChI=1S/C39H47F6N5O2/c1-37(2)18-29-32(30(51)19-37)31(23-8-13-38(41,42)14-9-23)33(34(40)24-4-6-26(7-5-24)39(43,44)45)35(48-29)25-10-16-50(17-11-25)36-46-20-28(21-47-36)52-27-12-15-49(3)22-27/h4-7,20-21,23,25,27,30,34,51H,8-19,22H2,1-3H3. The second-order valence-electron chi connectivity index (χ2n) is 16.1. The van der Waals surface area contributed by atoms with Gasteiger partial charge in [0.15, 0.2) is 11.9 Å². The SMILES string of the molecule is CN1CCC(Oc2cnc(N3CCC(c4nc5c(c(C6CCC(F)(F)CC6)c4C(F)c4ccc(C(F)(F)F)cc4)C(O)CC(C)(C)C5)CC3)nc2)C1. The minimum atomic E-state index is -4.59. The van der Waals surface area contributed by atoms with Gasteiger partial charge in [-0.05, 0) is 86.6 Å². The lowest BCUT2D eigenvalue weighted by Crippen LogP contribution is -2.36. The molecular formula is C39H47F6N5O2. The van der Waals surface area contributed by atoms with E-state index in [2.05, 4.69) is 26.8 Å². The van der Waals surface area contributed by atoms with Crippen LogP contribution in [0.25, 0.3) is 0 Å². The molecule has 1 saturated carbocycles. The molecule has 2 aliphatic carbocycles. The second kappa shape index (κ2) is 14.1. The second-order valence-corrected chi connectivity index (χ2v) is 16.1. The van der Waals surface area contributed by atoms with Crippen molar-refractivity contribution in [3.63, 3.8) is 0 Å². The van der Waals surface area contributed by atoms with Crippen LogP contribution in [0, 0.1) is 5.41 Å². The molecule has 4 aliphatic rings. The molecule has 7 rings (SSSR count). The fourth-order valence-corrected chi connectivity index (χ4v) is 8.79. The predicted molar refractivity (Wildman–Crippen MR) is 185 cm³/mol. The van der Waals surface area contributed by atoms with Gasteiger partial charge in [0.25, 0.3) is 0 Å². The van der Waals surface area contributed by atoms with E-state index in [1.54, 1.807) is 12.4 Å². The van der Waals surface area contributed by atoms with E-state index in [9.17, 15) is 27.1 Å². The summed E-state index contributed by atoms with van der Waals surface area (Å²) in [7, 11) is 2.06. The molecule has 282 valence electrons. The highest BCUT2D eigenvalue weighted by Crippen LogP contribution is 2.52. The van der Waals surface area contributed by atoms with Crippen LogP contribution >= 0.6 is 0 Å². The lowest BCUT2D eigenvalue weighted by molar-refractivity contribution is -0.137. The first-order valence-corrected chi connectivity index (χ1v) is 18.4. The number of aromatic nitrogens is 3. The molecule has 3 unspecified atom stereocenters. The van der Waals surface area contributed by atoms with Crippen molar-refractivity contribution < 1.29 is 36.2 Å². The smallest absolute Gasteiger partial charge is 0.416 e. The van der Waals surface area contributed by atoms with Gasteiger partial charge < -0.3 is 19.6 Å². The van der Waals surface area contributed by atoms with Gasteiger partial charge >= 0.3 is 6.18 Å². The Bertz CT molecular complexity index is 1720. The van der Waals surface area contributed by atoms with E-state index in [0.29, 0.717) is 73.0 Å². The van der Waals surface area contributed by atoms with E-state index in [1.807, 2.05) is 13.8 Å². The summed E-state index contributed by atoms with van der Waals surface area (Å²) in [6, 6.07) is 4.03. The Labute approximate surface area is 300 Å².